The van der Waals surface area contributed by atoms with Crippen molar-refractivity contribution in [3.63, 3.8) is 0 Å². The van der Waals surface area contributed by atoms with E-state index < -0.39 is 0 Å². The summed E-state index contributed by atoms with van der Waals surface area (Å²) in [6.07, 6.45) is 3.23. The Morgan fingerprint density at radius 1 is 1.35 bits per heavy atom. The fourth-order valence-corrected chi connectivity index (χ4v) is 2.69. The van der Waals surface area contributed by atoms with Gasteiger partial charge in [-0.1, -0.05) is 31.2 Å². The first kappa shape index (κ1) is 12.6. The van der Waals surface area contributed by atoms with Crippen molar-refractivity contribution in [1.29, 1.82) is 0 Å². The van der Waals surface area contributed by atoms with E-state index in [-0.39, 0.29) is 6.04 Å². The Kier molecular flexibility index (Phi) is 4.54. The van der Waals surface area contributed by atoms with Gasteiger partial charge in [0.25, 0.3) is 0 Å². The summed E-state index contributed by atoms with van der Waals surface area (Å²) in [7, 11) is 0. The first-order valence-corrected chi connectivity index (χ1v) is 6.48. The highest BCUT2D eigenvalue weighted by Crippen LogP contribution is 2.31. The Balaban J connectivity index is 2.21. The largest absolute Gasteiger partial charge is 0.381 e. The first-order chi connectivity index (χ1) is 8.36. The van der Waals surface area contributed by atoms with Gasteiger partial charge in [0.1, 0.15) is 0 Å². The number of benzene rings is 1. The second-order valence-corrected chi connectivity index (χ2v) is 4.65. The van der Waals surface area contributed by atoms with Gasteiger partial charge in [-0.15, -0.1) is 0 Å². The summed E-state index contributed by atoms with van der Waals surface area (Å²) in [6.45, 7) is 3.91. The molecule has 3 nitrogen and oxygen atoms in total. The van der Waals surface area contributed by atoms with Crippen LogP contribution in [0.1, 0.15) is 36.9 Å². The smallest absolute Gasteiger partial charge is 0.0492 e. The van der Waals surface area contributed by atoms with Crippen molar-refractivity contribution in [2.45, 2.75) is 32.2 Å². The van der Waals surface area contributed by atoms with E-state index in [0.717, 1.165) is 32.5 Å². The molecule has 1 saturated heterocycles. The summed E-state index contributed by atoms with van der Waals surface area (Å²) in [5.41, 5.74) is 5.75. The van der Waals surface area contributed by atoms with Gasteiger partial charge in [0.2, 0.25) is 0 Å². The molecular weight excluding hydrogens is 212 g/mol. The molecule has 3 N–H and O–H groups in total. The predicted molar refractivity (Wildman–Crippen MR) is 69.4 cm³/mol. The molecule has 0 radical (unpaired) electrons. The summed E-state index contributed by atoms with van der Waals surface area (Å²) < 4.78 is 5.42. The van der Waals surface area contributed by atoms with Crippen LogP contribution in [0, 0.1) is 5.92 Å². The lowest BCUT2D eigenvalue weighted by atomic mass is 9.85. The van der Waals surface area contributed by atoms with Crippen molar-refractivity contribution in [3.05, 3.63) is 35.4 Å². The van der Waals surface area contributed by atoms with Crippen molar-refractivity contribution in [2.24, 2.45) is 11.8 Å². The van der Waals surface area contributed by atoms with E-state index in [1.165, 1.54) is 11.1 Å². The minimum Gasteiger partial charge on any atom is -0.381 e. The van der Waals surface area contributed by atoms with Crippen LogP contribution in [0.25, 0.3) is 0 Å². The maximum Gasteiger partial charge on any atom is 0.0492 e. The molecule has 0 spiro atoms. The quantitative estimate of drug-likeness (QED) is 0.620. The van der Waals surface area contributed by atoms with Gasteiger partial charge in [0.05, 0.1) is 0 Å². The highest BCUT2D eigenvalue weighted by atomic mass is 16.5. The molecule has 1 fully saturated rings. The molecule has 1 aliphatic heterocycles. The van der Waals surface area contributed by atoms with Gasteiger partial charge in [0, 0.05) is 19.3 Å². The van der Waals surface area contributed by atoms with Gasteiger partial charge in [-0.3, -0.25) is 11.3 Å². The predicted octanol–water partition coefficient (Wildman–Crippen LogP) is 2.18. The monoisotopic (exact) mass is 234 g/mol. The molecule has 0 aromatic heterocycles. The number of rotatable bonds is 4. The summed E-state index contributed by atoms with van der Waals surface area (Å²) in [5.74, 6) is 6.35. The molecule has 0 amide bonds. The number of hydrogen-bond donors (Lipinski definition) is 2. The van der Waals surface area contributed by atoms with Gasteiger partial charge < -0.3 is 4.74 Å². The van der Waals surface area contributed by atoms with Crippen molar-refractivity contribution in [2.75, 3.05) is 13.2 Å². The van der Waals surface area contributed by atoms with Crippen LogP contribution in [-0.2, 0) is 11.2 Å². The maximum atomic E-state index is 5.77. The topological polar surface area (TPSA) is 47.3 Å². The van der Waals surface area contributed by atoms with Crippen LogP contribution in [0.5, 0.6) is 0 Å². The molecule has 1 aromatic rings. The second-order valence-electron chi connectivity index (χ2n) is 4.65. The molecule has 2 rings (SSSR count). The third-order valence-electron chi connectivity index (χ3n) is 3.69. The van der Waals surface area contributed by atoms with Crippen molar-refractivity contribution >= 4 is 0 Å². The van der Waals surface area contributed by atoms with Gasteiger partial charge in [-0.25, -0.2) is 0 Å². The molecule has 1 aliphatic rings. The lowest BCUT2D eigenvalue weighted by Gasteiger charge is -2.31. The lowest BCUT2D eigenvalue weighted by molar-refractivity contribution is 0.0535. The minimum absolute atomic E-state index is 0.259. The van der Waals surface area contributed by atoms with E-state index in [1.807, 2.05) is 0 Å². The van der Waals surface area contributed by atoms with Gasteiger partial charge >= 0.3 is 0 Å². The van der Waals surface area contributed by atoms with Crippen LogP contribution < -0.4 is 11.3 Å². The highest BCUT2D eigenvalue weighted by molar-refractivity contribution is 5.30. The van der Waals surface area contributed by atoms with E-state index in [1.54, 1.807) is 0 Å². The first-order valence-electron chi connectivity index (χ1n) is 6.48. The standard InChI is InChI=1S/C14H22N2O/c1-2-11-5-3-4-6-13(11)14(16-15)12-7-9-17-10-8-12/h3-6,12,14,16H,2,7-10,15H2,1H3. The molecular formula is C14H22N2O. The van der Waals surface area contributed by atoms with Gasteiger partial charge in [0.15, 0.2) is 0 Å². The zero-order valence-corrected chi connectivity index (χ0v) is 10.5. The number of nitrogens with one attached hydrogen (secondary N) is 1. The number of nitrogens with two attached hydrogens (primary N) is 1. The summed E-state index contributed by atoms with van der Waals surface area (Å²) >= 11 is 0. The Morgan fingerprint density at radius 2 is 2.06 bits per heavy atom. The summed E-state index contributed by atoms with van der Waals surface area (Å²) in [4.78, 5) is 0. The second kappa shape index (κ2) is 6.15. The van der Waals surface area contributed by atoms with E-state index in [2.05, 4.69) is 36.6 Å². The van der Waals surface area contributed by atoms with Crippen LogP contribution in [0.15, 0.2) is 24.3 Å². The molecule has 1 atom stereocenters. The van der Waals surface area contributed by atoms with E-state index >= 15 is 0 Å². The van der Waals surface area contributed by atoms with Crippen LogP contribution in [0.2, 0.25) is 0 Å². The molecule has 3 heteroatoms. The number of aryl methyl sites for hydroxylation is 1. The Labute approximate surface area is 103 Å². The van der Waals surface area contributed by atoms with Gasteiger partial charge in [-0.2, -0.15) is 0 Å². The summed E-state index contributed by atoms with van der Waals surface area (Å²) in [5, 5.41) is 0. The maximum absolute atomic E-state index is 5.77. The minimum atomic E-state index is 0.259. The van der Waals surface area contributed by atoms with Gasteiger partial charge in [-0.05, 0) is 36.3 Å². The lowest BCUT2D eigenvalue weighted by Crippen LogP contribution is -2.36. The van der Waals surface area contributed by atoms with Crippen molar-refractivity contribution in [3.8, 4) is 0 Å². The third-order valence-corrected chi connectivity index (χ3v) is 3.69. The molecule has 1 unspecified atom stereocenters. The molecule has 0 aliphatic carbocycles. The Bertz CT molecular complexity index is 348. The molecule has 17 heavy (non-hydrogen) atoms. The highest BCUT2D eigenvalue weighted by Gasteiger charge is 2.25. The zero-order valence-electron chi connectivity index (χ0n) is 10.5. The SMILES string of the molecule is CCc1ccccc1C(NN)C1CCOCC1. The number of hydrogen-bond acceptors (Lipinski definition) is 3. The number of ether oxygens (including phenoxy) is 1. The van der Waals surface area contributed by atoms with E-state index in [0.29, 0.717) is 5.92 Å². The van der Waals surface area contributed by atoms with Crippen molar-refractivity contribution < 1.29 is 4.74 Å². The summed E-state index contributed by atoms with van der Waals surface area (Å²) in [6, 6.07) is 8.84. The fraction of sp³-hybridized carbons (Fsp3) is 0.571. The number of hydrazine groups is 1. The molecule has 1 heterocycles. The average Bonchev–Trinajstić information content (AvgIpc) is 2.41. The third kappa shape index (κ3) is 2.86. The molecule has 94 valence electrons. The van der Waals surface area contributed by atoms with Crippen LogP contribution in [0.3, 0.4) is 0 Å². The molecule has 1 aromatic carbocycles. The fourth-order valence-electron chi connectivity index (χ4n) is 2.69. The Morgan fingerprint density at radius 3 is 2.71 bits per heavy atom. The Hall–Kier alpha value is -0.900. The van der Waals surface area contributed by atoms with Crippen LogP contribution in [-0.4, -0.2) is 13.2 Å². The average molecular weight is 234 g/mol. The van der Waals surface area contributed by atoms with Crippen LogP contribution >= 0.6 is 0 Å². The van der Waals surface area contributed by atoms with E-state index in [4.69, 9.17) is 10.6 Å². The normalized spacial score (nSPS) is 19.2. The van der Waals surface area contributed by atoms with Crippen LogP contribution in [0.4, 0.5) is 0 Å². The van der Waals surface area contributed by atoms with Crippen molar-refractivity contribution in [1.82, 2.24) is 5.43 Å². The molecule has 0 saturated carbocycles. The molecule has 0 bridgehead atoms. The van der Waals surface area contributed by atoms with E-state index in [9.17, 15) is 0 Å². The zero-order chi connectivity index (χ0) is 12.1.